The maximum atomic E-state index is 9.24. The lowest BCUT2D eigenvalue weighted by molar-refractivity contribution is 0.0762. The first kappa shape index (κ1) is 8.99. The smallest absolute Gasteiger partial charge is 0.0757 e. The first-order chi connectivity index (χ1) is 3.98. The lowest BCUT2D eigenvalue weighted by Gasteiger charge is -2.22. The lowest BCUT2D eigenvalue weighted by Crippen LogP contribution is -2.30. The molecule has 0 spiro atoms. The van der Waals surface area contributed by atoms with Crippen LogP contribution in [0.3, 0.4) is 0 Å². The largest absolute Gasteiger partial charge is 0.389 e. The van der Waals surface area contributed by atoms with Crippen molar-refractivity contribution in [2.75, 3.05) is 0 Å². The fourth-order valence-electron chi connectivity index (χ4n) is 0.435. The number of hydrogen-bond donors (Lipinski definition) is 1. The van der Waals surface area contributed by atoms with E-state index in [-0.39, 0.29) is 5.38 Å². The molecule has 0 saturated carbocycles. The summed E-state index contributed by atoms with van der Waals surface area (Å²) in [6.45, 7) is 6.90. The number of aliphatic hydroxyl groups is 1. The van der Waals surface area contributed by atoms with E-state index in [9.17, 15) is 5.11 Å². The maximum absolute atomic E-state index is 9.24. The van der Waals surface area contributed by atoms with Crippen LogP contribution in [-0.4, -0.2) is 16.1 Å². The van der Waals surface area contributed by atoms with Crippen LogP contribution in [0.25, 0.3) is 0 Å². The Labute approximate surface area is 61.3 Å². The molecule has 0 aliphatic rings. The molecule has 1 N–H and O–H groups in total. The Balaban J connectivity index is 3.72. The normalized spacial score (nSPS) is 15.1. The molecule has 0 aromatic heterocycles. The highest BCUT2D eigenvalue weighted by molar-refractivity contribution is 6.21. The van der Waals surface area contributed by atoms with Crippen LogP contribution in [-0.2, 0) is 0 Å². The standard InChI is InChI=1S/C7H13ClO/c1-4-5-6(8)7(2,3)9/h4,6,9H,1,5H2,2-3H3. The molecule has 0 fully saturated rings. The van der Waals surface area contributed by atoms with Gasteiger partial charge in [0.05, 0.1) is 11.0 Å². The third-order valence-corrected chi connectivity index (χ3v) is 1.85. The fourth-order valence-corrected chi connectivity index (χ4v) is 0.561. The van der Waals surface area contributed by atoms with E-state index >= 15 is 0 Å². The Bertz CT molecular complexity index is 93.6. The zero-order valence-corrected chi connectivity index (χ0v) is 6.65. The molecule has 0 rings (SSSR count). The van der Waals surface area contributed by atoms with Crippen LogP contribution in [0.4, 0.5) is 0 Å². The minimum absolute atomic E-state index is 0.227. The van der Waals surface area contributed by atoms with Gasteiger partial charge in [0.25, 0.3) is 0 Å². The van der Waals surface area contributed by atoms with Gasteiger partial charge in [0, 0.05) is 0 Å². The zero-order valence-electron chi connectivity index (χ0n) is 5.89. The molecule has 0 heterocycles. The summed E-state index contributed by atoms with van der Waals surface area (Å²) in [6.07, 6.45) is 2.35. The summed E-state index contributed by atoms with van der Waals surface area (Å²) >= 11 is 5.74. The minimum Gasteiger partial charge on any atom is -0.389 e. The van der Waals surface area contributed by atoms with Crippen molar-refractivity contribution < 1.29 is 5.11 Å². The van der Waals surface area contributed by atoms with E-state index in [4.69, 9.17) is 11.6 Å². The second kappa shape index (κ2) is 3.23. The molecular formula is C7H13ClO. The lowest BCUT2D eigenvalue weighted by atomic mass is 10.0. The predicted molar refractivity (Wildman–Crippen MR) is 40.8 cm³/mol. The van der Waals surface area contributed by atoms with E-state index < -0.39 is 5.60 Å². The Morgan fingerprint density at radius 1 is 1.78 bits per heavy atom. The molecule has 9 heavy (non-hydrogen) atoms. The molecule has 0 amide bonds. The van der Waals surface area contributed by atoms with Crippen molar-refractivity contribution in [3.63, 3.8) is 0 Å². The number of hydrogen-bond acceptors (Lipinski definition) is 1. The number of allylic oxidation sites excluding steroid dienone is 1. The molecule has 0 bridgehead atoms. The summed E-state index contributed by atoms with van der Waals surface area (Å²) in [7, 11) is 0. The third kappa shape index (κ3) is 3.55. The maximum Gasteiger partial charge on any atom is 0.0757 e. The van der Waals surface area contributed by atoms with Crippen molar-refractivity contribution in [2.24, 2.45) is 0 Å². The molecular weight excluding hydrogens is 136 g/mol. The Morgan fingerprint density at radius 2 is 2.22 bits per heavy atom. The van der Waals surface area contributed by atoms with Gasteiger partial charge in [0.15, 0.2) is 0 Å². The van der Waals surface area contributed by atoms with Gasteiger partial charge in [0.2, 0.25) is 0 Å². The number of alkyl halides is 1. The summed E-state index contributed by atoms with van der Waals surface area (Å²) in [4.78, 5) is 0. The monoisotopic (exact) mass is 148 g/mol. The molecule has 0 saturated heterocycles. The van der Waals surface area contributed by atoms with Gasteiger partial charge in [-0.2, -0.15) is 0 Å². The summed E-state index contributed by atoms with van der Waals surface area (Å²) < 4.78 is 0. The van der Waals surface area contributed by atoms with Gasteiger partial charge in [0.1, 0.15) is 0 Å². The Kier molecular flexibility index (Phi) is 3.23. The quantitative estimate of drug-likeness (QED) is 0.479. The Morgan fingerprint density at radius 3 is 2.33 bits per heavy atom. The number of halogens is 1. The van der Waals surface area contributed by atoms with E-state index in [1.54, 1.807) is 19.9 Å². The van der Waals surface area contributed by atoms with Gasteiger partial charge >= 0.3 is 0 Å². The van der Waals surface area contributed by atoms with Crippen LogP contribution in [0.1, 0.15) is 20.3 Å². The van der Waals surface area contributed by atoms with Crippen LogP contribution < -0.4 is 0 Å². The van der Waals surface area contributed by atoms with Crippen LogP contribution in [0, 0.1) is 0 Å². The van der Waals surface area contributed by atoms with Crippen molar-refractivity contribution >= 4 is 11.6 Å². The molecule has 0 aromatic carbocycles. The molecule has 0 aliphatic carbocycles. The first-order valence-corrected chi connectivity index (χ1v) is 3.39. The summed E-state index contributed by atoms with van der Waals surface area (Å²) in [5.74, 6) is 0. The predicted octanol–water partition coefficient (Wildman–Crippen LogP) is 1.94. The van der Waals surface area contributed by atoms with E-state index in [1.165, 1.54) is 0 Å². The summed E-state index contributed by atoms with van der Waals surface area (Å²) in [5.41, 5.74) is -0.796. The van der Waals surface area contributed by atoms with Crippen molar-refractivity contribution in [2.45, 2.75) is 31.2 Å². The van der Waals surface area contributed by atoms with Gasteiger partial charge in [-0.3, -0.25) is 0 Å². The third-order valence-electron chi connectivity index (χ3n) is 1.14. The Hall–Kier alpha value is -0.0100. The SMILES string of the molecule is C=CCC(Cl)C(C)(C)O. The van der Waals surface area contributed by atoms with E-state index in [0.29, 0.717) is 6.42 Å². The summed E-state index contributed by atoms with van der Waals surface area (Å²) in [6, 6.07) is 0. The molecule has 1 nitrogen and oxygen atoms in total. The first-order valence-electron chi connectivity index (χ1n) is 2.96. The van der Waals surface area contributed by atoms with E-state index in [1.807, 2.05) is 0 Å². The van der Waals surface area contributed by atoms with E-state index in [0.717, 1.165) is 0 Å². The van der Waals surface area contributed by atoms with Gasteiger partial charge in [-0.1, -0.05) is 6.08 Å². The van der Waals surface area contributed by atoms with Crippen molar-refractivity contribution in [3.05, 3.63) is 12.7 Å². The highest BCUT2D eigenvalue weighted by atomic mass is 35.5. The van der Waals surface area contributed by atoms with Crippen molar-refractivity contribution in [1.82, 2.24) is 0 Å². The number of rotatable bonds is 3. The minimum atomic E-state index is -0.796. The molecule has 0 aliphatic heterocycles. The second-order valence-corrected chi connectivity index (χ2v) is 3.17. The molecule has 0 aromatic rings. The average Bonchev–Trinajstić information content (AvgIpc) is 1.64. The highest BCUT2D eigenvalue weighted by Crippen LogP contribution is 2.18. The van der Waals surface area contributed by atoms with Crippen LogP contribution in [0.15, 0.2) is 12.7 Å². The zero-order chi connectivity index (χ0) is 7.49. The highest BCUT2D eigenvalue weighted by Gasteiger charge is 2.22. The molecule has 1 atom stereocenters. The van der Waals surface area contributed by atoms with Gasteiger partial charge in [-0.25, -0.2) is 0 Å². The van der Waals surface area contributed by atoms with E-state index in [2.05, 4.69) is 6.58 Å². The average molecular weight is 149 g/mol. The van der Waals surface area contributed by atoms with Gasteiger partial charge in [-0.15, -0.1) is 18.2 Å². The van der Waals surface area contributed by atoms with Crippen LogP contribution in [0.2, 0.25) is 0 Å². The van der Waals surface area contributed by atoms with Gasteiger partial charge in [-0.05, 0) is 20.3 Å². The van der Waals surface area contributed by atoms with Crippen LogP contribution >= 0.6 is 11.6 Å². The van der Waals surface area contributed by atoms with Crippen LogP contribution in [0.5, 0.6) is 0 Å². The topological polar surface area (TPSA) is 20.2 Å². The van der Waals surface area contributed by atoms with Crippen molar-refractivity contribution in [3.8, 4) is 0 Å². The molecule has 2 heteroatoms. The fraction of sp³-hybridized carbons (Fsp3) is 0.714. The molecule has 0 radical (unpaired) electrons. The molecule has 54 valence electrons. The van der Waals surface area contributed by atoms with Crippen molar-refractivity contribution in [1.29, 1.82) is 0 Å². The second-order valence-electron chi connectivity index (χ2n) is 2.65. The summed E-state index contributed by atoms with van der Waals surface area (Å²) in [5, 5.41) is 9.01. The molecule has 1 unspecified atom stereocenters. The van der Waals surface area contributed by atoms with Gasteiger partial charge < -0.3 is 5.11 Å².